The van der Waals surface area contributed by atoms with Crippen LogP contribution in [0.1, 0.15) is 6.93 Å². The van der Waals surface area contributed by atoms with Crippen molar-refractivity contribution in [2.24, 2.45) is 0 Å². The highest BCUT2D eigenvalue weighted by molar-refractivity contribution is 5.32. The second kappa shape index (κ2) is 2.77. The maximum absolute atomic E-state index is 7.48. The van der Waals surface area contributed by atoms with Gasteiger partial charge in [-0.05, 0) is 19.1 Å². The molecule has 3 heteroatoms. The normalized spacial score (nSPS) is 11.2. The van der Waals surface area contributed by atoms with Crippen LogP contribution in [-0.4, -0.2) is 15.0 Å². The quantitative estimate of drug-likeness (QED) is 0.634. The highest BCUT2D eigenvalue weighted by Crippen LogP contribution is 2.06. The molecule has 0 bridgehead atoms. The van der Waals surface area contributed by atoms with E-state index in [0.717, 1.165) is 5.69 Å². The molecular weight excluding hydrogens is 150 g/mol. The standard InChI is InChI=1S/C9H9N3/c1-8-2-4-9(5-3-8)12-7-6-10-11-12/h2-7H,1H3/i7D. The molecule has 1 aromatic heterocycles. The Morgan fingerprint density at radius 2 is 2.08 bits per heavy atom. The molecule has 2 aromatic rings. The number of hydrogen-bond donors (Lipinski definition) is 0. The molecule has 60 valence electrons. The Labute approximate surface area is 72.1 Å². The van der Waals surface area contributed by atoms with Crippen LogP contribution >= 0.6 is 0 Å². The van der Waals surface area contributed by atoms with Gasteiger partial charge in [0.25, 0.3) is 0 Å². The van der Waals surface area contributed by atoms with Crippen LogP contribution in [0.25, 0.3) is 5.69 Å². The molecule has 2 rings (SSSR count). The van der Waals surface area contributed by atoms with Gasteiger partial charge in [-0.15, -0.1) is 5.10 Å². The van der Waals surface area contributed by atoms with E-state index in [0.29, 0.717) is 6.17 Å². The van der Waals surface area contributed by atoms with Crippen molar-refractivity contribution < 1.29 is 1.37 Å². The molecular formula is C9H9N3. The van der Waals surface area contributed by atoms with Gasteiger partial charge in [0.2, 0.25) is 0 Å². The molecule has 0 N–H and O–H groups in total. The van der Waals surface area contributed by atoms with Gasteiger partial charge in [-0.2, -0.15) is 0 Å². The molecule has 0 aliphatic heterocycles. The van der Waals surface area contributed by atoms with Crippen molar-refractivity contribution in [3.63, 3.8) is 0 Å². The number of rotatable bonds is 1. The van der Waals surface area contributed by atoms with Crippen molar-refractivity contribution in [1.29, 1.82) is 0 Å². The van der Waals surface area contributed by atoms with Gasteiger partial charge in [0.1, 0.15) is 0 Å². The maximum Gasteiger partial charge on any atom is 0.0859 e. The van der Waals surface area contributed by atoms with E-state index >= 15 is 0 Å². The molecule has 0 amide bonds. The minimum atomic E-state index is 0.295. The molecule has 1 aromatic carbocycles. The first kappa shape index (κ1) is 5.94. The topological polar surface area (TPSA) is 30.7 Å². The van der Waals surface area contributed by atoms with Crippen molar-refractivity contribution >= 4 is 0 Å². The summed E-state index contributed by atoms with van der Waals surface area (Å²) >= 11 is 0. The van der Waals surface area contributed by atoms with E-state index in [1.807, 2.05) is 31.2 Å². The third-order valence-electron chi connectivity index (χ3n) is 1.66. The molecule has 0 saturated carbocycles. The summed E-state index contributed by atoms with van der Waals surface area (Å²) in [4.78, 5) is 0. The van der Waals surface area contributed by atoms with Gasteiger partial charge in [-0.1, -0.05) is 22.9 Å². The van der Waals surface area contributed by atoms with Crippen LogP contribution in [0, 0.1) is 6.92 Å². The summed E-state index contributed by atoms with van der Waals surface area (Å²) in [5.41, 5.74) is 2.06. The lowest BCUT2D eigenvalue weighted by atomic mass is 10.2. The highest BCUT2D eigenvalue weighted by atomic mass is 15.4. The molecule has 0 atom stereocenters. The average molecular weight is 160 g/mol. The van der Waals surface area contributed by atoms with Crippen LogP contribution in [0.2, 0.25) is 0 Å². The molecule has 0 aliphatic rings. The van der Waals surface area contributed by atoms with Gasteiger partial charge in [-0.3, -0.25) is 0 Å². The van der Waals surface area contributed by atoms with Gasteiger partial charge in [-0.25, -0.2) is 4.68 Å². The van der Waals surface area contributed by atoms with Crippen LogP contribution in [0.4, 0.5) is 0 Å². The van der Waals surface area contributed by atoms with Crippen LogP contribution in [-0.2, 0) is 0 Å². The van der Waals surface area contributed by atoms with E-state index in [1.54, 1.807) is 0 Å². The van der Waals surface area contributed by atoms with Crippen molar-refractivity contribution in [2.75, 3.05) is 0 Å². The van der Waals surface area contributed by atoms with E-state index in [2.05, 4.69) is 10.3 Å². The number of benzene rings is 1. The van der Waals surface area contributed by atoms with E-state index in [9.17, 15) is 0 Å². The highest BCUT2D eigenvalue weighted by Gasteiger charge is 1.93. The van der Waals surface area contributed by atoms with E-state index in [1.165, 1.54) is 16.4 Å². The van der Waals surface area contributed by atoms with Gasteiger partial charge in [0.15, 0.2) is 0 Å². The Balaban J connectivity index is 2.47. The monoisotopic (exact) mass is 160 g/mol. The molecule has 0 saturated heterocycles. The zero-order valence-corrected chi connectivity index (χ0v) is 6.73. The minimum Gasteiger partial charge on any atom is -0.221 e. The van der Waals surface area contributed by atoms with E-state index in [-0.39, 0.29) is 0 Å². The zero-order chi connectivity index (χ0) is 9.26. The summed E-state index contributed by atoms with van der Waals surface area (Å²) in [5.74, 6) is 0. The summed E-state index contributed by atoms with van der Waals surface area (Å²) in [6.07, 6.45) is 1.71. The third kappa shape index (κ3) is 1.21. The summed E-state index contributed by atoms with van der Waals surface area (Å²) in [7, 11) is 0. The first-order chi connectivity index (χ1) is 6.27. The molecule has 0 radical (unpaired) electrons. The van der Waals surface area contributed by atoms with E-state index in [4.69, 9.17) is 1.37 Å². The summed E-state index contributed by atoms with van der Waals surface area (Å²) in [5, 5.41) is 7.44. The Hall–Kier alpha value is -1.64. The van der Waals surface area contributed by atoms with Gasteiger partial charge in [0.05, 0.1) is 19.4 Å². The molecule has 3 nitrogen and oxygen atoms in total. The SMILES string of the molecule is [2H]c1cnnn1-c1ccc(C)cc1. The van der Waals surface area contributed by atoms with Crippen LogP contribution in [0.5, 0.6) is 0 Å². The van der Waals surface area contributed by atoms with Gasteiger partial charge >= 0.3 is 0 Å². The Bertz CT molecular complexity index is 405. The summed E-state index contributed by atoms with van der Waals surface area (Å²) < 4.78 is 8.97. The largest absolute Gasteiger partial charge is 0.221 e. The van der Waals surface area contributed by atoms with Crippen molar-refractivity contribution in [2.45, 2.75) is 6.92 Å². The maximum atomic E-state index is 7.48. The van der Waals surface area contributed by atoms with Crippen molar-refractivity contribution in [3.05, 3.63) is 42.2 Å². The number of nitrogens with zero attached hydrogens (tertiary/aromatic N) is 3. The lowest BCUT2D eigenvalue weighted by Crippen LogP contribution is -1.94. The molecule has 12 heavy (non-hydrogen) atoms. The van der Waals surface area contributed by atoms with E-state index < -0.39 is 0 Å². The summed E-state index contributed by atoms with van der Waals surface area (Å²) in [6, 6.07) is 7.80. The van der Waals surface area contributed by atoms with Gasteiger partial charge < -0.3 is 0 Å². The van der Waals surface area contributed by atoms with Crippen molar-refractivity contribution in [3.8, 4) is 5.69 Å². The van der Waals surface area contributed by atoms with Crippen molar-refractivity contribution in [1.82, 2.24) is 15.0 Å². The minimum absolute atomic E-state index is 0.295. The predicted octanol–water partition coefficient (Wildman–Crippen LogP) is 1.58. The average Bonchev–Trinajstić information content (AvgIpc) is 2.53. The molecule has 0 unspecified atom stereocenters. The Morgan fingerprint density at radius 3 is 2.67 bits per heavy atom. The number of aromatic nitrogens is 3. The summed E-state index contributed by atoms with van der Waals surface area (Å²) in [6.45, 7) is 2.02. The first-order valence-corrected chi connectivity index (χ1v) is 3.72. The fourth-order valence-electron chi connectivity index (χ4n) is 0.996. The second-order valence-corrected chi connectivity index (χ2v) is 2.61. The second-order valence-electron chi connectivity index (χ2n) is 2.61. The molecule has 0 spiro atoms. The lowest BCUT2D eigenvalue weighted by molar-refractivity contribution is 0.803. The lowest BCUT2D eigenvalue weighted by Gasteiger charge is -1.98. The zero-order valence-electron chi connectivity index (χ0n) is 7.73. The predicted molar refractivity (Wildman–Crippen MR) is 46.1 cm³/mol. The Morgan fingerprint density at radius 1 is 1.33 bits per heavy atom. The van der Waals surface area contributed by atoms with Gasteiger partial charge in [0, 0.05) is 0 Å². The van der Waals surface area contributed by atoms with Crippen LogP contribution in [0.15, 0.2) is 36.6 Å². The third-order valence-corrected chi connectivity index (χ3v) is 1.66. The molecule has 0 fully saturated rings. The molecule has 1 heterocycles. The first-order valence-electron chi connectivity index (χ1n) is 4.22. The van der Waals surface area contributed by atoms with Crippen LogP contribution < -0.4 is 0 Å². The fraction of sp³-hybridized carbons (Fsp3) is 0.111. The smallest absolute Gasteiger partial charge is 0.0859 e. The fourth-order valence-corrected chi connectivity index (χ4v) is 0.996. The number of hydrogen-bond acceptors (Lipinski definition) is 2. The van der Waals surface area contributed by atoms with Crippen LogP contribution in [0.3, 0.4) is 0 Å². The number of aryl methyl sites for hydroxylation is 1. The Kier molecular flexibility index (Phi) is 1.37. The molecule has 0 aliphatic carbocycles.